The van der Waals surface area contributed by atoms with Crippen molar-refractivity contribution in [3.05, 3.63) is 29.3 Å². The monoisotopic (exact) mass is 276 g/mol. The molecule has 1 aliphatic carbocycles. The van der Waals surface area contributed by atoms with Crippen LogP contribution in [0.1, 0.15) is 36.8 Å². The first-order valence-electron chi connectivity index (χ1n) is 7.74. The number of anilines is 1. The highest BCUT2D eigenvalue weighted by Gasteiger charge is 2.19. The highest BCUT2D eigenvalue weighted by Crippen LogP contribution is 2.28. The van der Waals surface area contributed by atoms with E-state index in [-0.39, 0.29) is 0 Å². The molecule has 0 amide bonds. The summed E-state index contributed by atoms with van der Waals surface area (Å²) in [4.78, 5) is 2.46. The zero-order chi connectivity index (χ0) is 14.4. The van der Waals surface area contributed by atoms with E-state index in [2.05, 4.69) is 42.4 Å². The molecule has 0 radical (unpaired) electrons. The molecular weight excluding hydrogens is 248 g/mol. The molecule has 112 valence electrons. The van der Waals surface area contributed by atoms with Gasteiger partial charge in [-0.2, -0.15) is 0 Å². The number of nitrogens with zero attached hydrogens (tertiary/aromatic N) is 1. The number of hydrogen-bond donors (Lipinski definition) is 1. The summed E-state index contributed by atoms with van der Waals surface area (Å²) < 4.78 is 5.05. The van der Waals surface area contributed by atoms with Crippen LogP contribution in [0.4, 0.5) is 5.69 Å². The Morgan fingerprint density at radius 2 is 2.05 bits per heavy atom. The van der Waals surface area contributed by atoms with Crippen LogP contribution in [0, 0.1) is 6.92 Å². The van der Waals surface area contributed by atoms with E-state index in [4.69, 9.17) is 4.74 Å². The van der Waals surface area contributed by atoms with Gasteiger partial charge >= 0.3 is 0 Å². The van der Waals surface area contributed by atoms with Gasteiger partial charge in [0.1, 0.15) is 0 Å². The van der Waals surface area contributed by atoms with Crippen molar-refractivity contribution in [1.29, 1.82) is 0 Å². The molecule has 1 aliphatic rings. The molecule has 3 nitrogen and oxygen atoms in total. The Morgan fingerprint density at radius 1 is 1.30 bits per heavy atom. The second-order valence-corrected chi connectivity index (χ2v) is 5.83. The summed E-state index contributed by atoms with van der Waals surface area (Å²) in [6.07, 6.45) is 5.46. The van der Waals surface area contributed by atoms with Crippen LogP contribution in [0.3, 0.4) is 0 Å². The Labute approximate surface area is 123 Å². The number of aryl methyl sites for hydroxylation is 1. The maximum absolute atomic E-state index is 5.05. The average molecular weight is 276 g/mol. The van der Waals surface area contributed by atoms with E-state index >= 15 is 0 Å². The molecule has 0 bridgehead atoms. The molecular formula is C17H28N2O. The van der Waals surface area contributed by atoms with Gasteiger partial charge in [-0.3, -0.25) is 0 Å². The molecule has 0 aliphatic heterocycles. The predicted octanol–water partition coefficient (Wildman–Crippen LogP) is 3.11. The quantitative estimate of drug-likeness (QED) is 0.774. The first-order valence-corrected chi connectivity index (χ1v) is 7.74. The molecule has 0 heterocycles. The molecule has 3 heteroatoms. The summed E-state index contributed by atoms with van der Waals surface area (Å²) in [6.45, 7) is 4.79. The Hall–Kier alpha value is -1.06. The van der Waals surface area contributed by atoms with Gasteiger partial charge in [-0.05, 0) is 43.0 Å². The summed E-state index contributed by atoms with van der Waals surface area (Å²) >= 11 is 0. The summed E-state index contributed by atoms with van der Waals surface area (Å²) in [7, 11) is 3.97. The lowest BCUT2D eigenvalue weighted by molar-refractivity contribution is 0.199. The maximum atomic E-state index is 5.05. The largest absolute Gasteiger partial charge is 0.383 e. The van der Waals surface area contributed by atoms with Gasteiger partial charge in [-0.1, -0.05) is 18.9 Å². The Balaban J connectivity index is 1.94. The zero-order valence-corrected chi connectivity index (χ0v) is 13.1. The lowest BCUT2D eigenvalue weighted by atomic mass is 10.1. The van der Waals surface area contributed by atoms with E-state index in [1.54, 1.807) is 7.11 Å². The fraction of sp³-hybridized carbons (Fsp3) is 0.647. The second kappa shape index (κ2) is 7.65. The number of rotatable bonds is 7. The third-order valence-corrected chi connectivity index (χ3v) is 4.40. The molecule has 1 aromatic rings. The van der Waals surface area contributed by atoms with Crippen LogP contribution < -0.4 is 10.2 Å². The molecule has 1 fully saturated rings. The van der Waals surface area contributed by atoms with Crippen LogP contribution in [0.5, 0.6) is 0 Å². The van der Waals surface area contributed by atoms with Crippen LogP contribution in [0.2, 0.25) is 0 Å². The highest BCUT2D eigenvalue weighted by atomic mass is 16.5. The van der Waals surface area contributed by atoms with Crippen molar-refractivity contribution in [2.75, 3.05) is 32.2 Å². The van der Waals surface area contributed by atoms with Gasteiger partial charge in [0.25, 0.3) is 0 Å². The lowest BCUT2D eigenvalue weighted by Crippen LogP contribution is -2.28. The lowest BCUT2D eigenvalue weighted by Gasteiger charge is -2.27. The molecule has 0 unspecified atom stereocenters. The van der Waals surface area contributed by atoms with Gasteiger partial charge in [0, 0.05) is 39.0 Å². The van der Waals surface area contributed by atoms with Crippen LogP contribution in [-0.2, 0) is 11.3 Å². The number of methoxy groups -OCH3 is 1. The van der Waals surface area contributed by atoms with Crippen molar-refractivity contribution in [2.24, 2.45) is 0 Å². The van der Waals surface area contributed by atoms with Crippen LogP contribution >= 0.6 is 0 Å². The van der Waals surface area contributed by atoms with Crippen molar-refractivity contribution >= 4 is 5.69 Å². The number of hydrogen-bond acceptors (Lipinski definition) is 3. The van der Waals surface area contributed by atoms with Crippen LogP contribution in [-0.4, -0.2) is 33.4 Å². The molecule has 1 saturated carbocycles. The van der Waals surface area contributed by atoms with Gasteiger partial charge in [-0.25, -0.2) is 0 Å². The fourth-order valence-electron chi connectivity index (χ4n) is 3.00. The smallest absolute Gasteiger partial charge is 0.0587 e. The molecule has 1 N–H and O–H groups in total. The third-order valence-electron chi connectivity index (χ3n) is 4.40. The van der Waals surface area contributed by atoms with Gasteiger partial charge < -0.3 is 15.0 Å². The summed E-state index contributed by atoms with van der Waals surface area (Å²) in [5.41, 5.74) is 4.11. The fourth-order valence-corrected chi connectivity index (χ4v) is 3.00. The van der Waals surface area contributed by atoms with Gasteiger partial charge in [0.15, 0.2) is 0 Å². The molecule has 0 saturated heterocycles. The van der Waals surface area contributed by atoms with E-state index in [0.717, 1.165) is 25.7 Å². The molecule has 1 aromatic carbocycles. The van der Waals surface area contributed by atoms with E-state index in [9.17, 15) is 0 Å². The Bertz CT molecular complexity index is 413. The van der Waals surface area contributed by atoms with E-state index in [1.807, 2.05) is 0 Å². The maximum Gasteiger partial charge on any atom is 0.0587 e. The van der Waals surface area contributed by atoms with Crippen LogP contribution in [0.15, 0.2) is 18.2 Å². The van der Waals surface area contributed by atoms with Crippen molar-refractivity contribution in [3.63, 3.8) is 0 Å². The minimum absolute atomic E-state index is 0.736. The third kappa shape index (κ3) is 3.97. The summed E-state index contributed by atoms with van der Waals surface area (Å²) in [5, 5.41) is 3.41. The zero-order valence-electron chi connectivity index (χ0n) is 13.1. The predicted molar refractivity (Wildman–Crippen MR) is 85.4 cm³/mol. The normalized spacial score (nSPS) is 15.8. The number of nitrogens with one attached hydrogen (secondary N) is 1. The Kier molecular flexibility index (Phi) is 5.86. The van der Waals surface area contributed by atoms with E-state index in [1.165, 1.54) is 42.5 Å². The standard InChI is InChI=1S/C17H28N2O/c1-14-12-17(19(2)16-6-4-5-7-16)9-8-15(14)13-18-10-11-20-3/h8-9,12,16,18H,4-7,10-11,13H2,1-3H3. The van der Waals surface area contributed by atoms with Crippen molar-refractivity contribution in [3.8, 4) is 0 Å². The van der Waals surface area contributed by atoms with Crippen LogP contribution in [0.25, 0.3) is 0 Å². The van der Waals surface area contributed by atoms with E-state index < -0.39 is 0 Å². The number of ether oxygens (including phenoxy) is 1. The molecule has 0 atom stereocenters. The van der Waals surface area contributed by atoms with Crippen molar-refractivity contribution in [2.45, 2.75) is 45.2 Å². The topological polar surface area (TPSA) is 24.5 Å². The van der Waals surface area contributed by atoms with Gasteiger partial charge in [0.05, 0.1) is 6.61 Å². The summed E-state index contributed by atoms with van der Waals surface area (Å²) in [5.74, 6) is 0. The molecule has 0 spiro atoms. The van der Waals surface area contributed by atoms with Crippen molar-refractivity contribution < 1.29 is 4.74 Å². The molecule has 2 rings (SSSR count). The van der Waals surface area contributed by atoms with Gasteiger partial charge in [0.2, 0.25) is 0 Å². The first kappa shape index (κ1) is 15.3. The summed E-state index contributed by atoms with van der Waals surface area (Å²) in [6, 6.07) is 7.58. The number of benzene rings is 1. The SMILES string of the molecule is COCCNCc1ccc(N(C)C2CCCC2)cc1C. The molecule has 20 heavy (non-hydrogen) atoms. The van der Waals surface area contributed by atoms with E-state index in [0.29, 0.717) is 0 Å². The highest BCUT2D eigenvalue weighted by molar-refractivity contribution is 5.51. The average Bonchev–Trinajstić information content (AvgIpc) is 2.98. The molecule has 0 aromatic heterocycles. The Morgan fingerprint density at radius 3 is 2.70 bits per heavy atom. The minimum atomic E-state index is 0.736. The minimum Gasteiger partial charge on any atom is -0.383 e. The second-order valence-electron chi connectivity index (χ2n) is 5.83. The van der Waals surface area contributed by atoms with Crippen molar-refractivity contribution in [1.82, 2.24) is 5.32 Å². The first-order chi connectivity index (χ1) is 9.72. The van der Waals surface area contributed by atoms with Gasteiger partial charge in [-0.15, -0.1) is 0 Å².